The molecule has 116 valence electrons. The first-order valence-electron chi connectivity index (χ1n) is 7.02. The lowest BCUT2D eigenvalue weighted by Crippen LogP contribution is -2.32. The number of nitrogens with zero attached hydrogens (tertiary/aromatic N) is 1. The van der Waals surface area contributed by atoms with Crippen LogP contribution in [0, 0.1) is 0 Å². The molecule has 1 aliphatic rings. The highest BCUT2D eigenvalue weighted by Gasteiger charge is 2.30. The summed E-state index contributed by atoms with van der Waals surface area (Å²) in [6, 6.07) is 0. The first kappa shape index (κ1) is 15.9. The van der Waals surface area contributed by atoms with Crippen LogP contribution in [0.4, 0.5) is 5.13 Å². The van der Waals surface area contributed by atoms with Crippen molar-refractivity contribution < 1.29 is 19.1 Å². The molecule has 0 saturated carbocycles. The molecule has 21 heavy (non-hydrogen) atoms. The largest absolute Gasteiger partial charge is 0.461 e. The SMILES string of the molecule is CCOC(=O)c1nc(NCC2(C)CCCO2)sc1C(C)=O. The van der Waals surface area contributed by atoms with Gasteiger partial charge in [-0.2, -0.15) is 0 Å². The van der Waals surface area contributed by atoms with Crippen molar-refractivity contribution >= 4 is 28.2 Å². The van der Waals surface area contributed by atoms with Crippen molar-refractivity contribution in [3.05, 3.63) is 10.6 Å². The van der Waals surface area contributed by atoms with Crippen LogP contribution in [-0.2, 0) is 9.47 Å². The van der Waals surface area contributed by atoms with Crippen LogP contribution < -0.4 is 5.32 Å². The minimum atomic E-state index is -0.560. The number of esters is 1. The highest BCUT2D eigenvalue weighted by Crippen LogP contribution is 2.28. The maximum absolute atomic E-state index is 11.8. The van der Waals surface area contributed by atoms with E-state index in [9.17, 15) is 9.59 Å². The zero-order valence-corrected chi connectivity index (χ0v) is 13.3. The van der Waals surface area contributed by atoms with Gasteiger partial charge in [-0.3, -0.25) is 4.79 Å². The second-order valence-electron chi connectivity index (χ2n) is 5.23. The normalized spacial score (nSPS) is 21.3. The van der Waals surface area contributed by atoms with Gasteiger partial charge in [0.05, 0.1) is 12.2 Å². The third-order valence-electron chi connectivity index (χ3n) is 3.33. The van der Waals surface area contributed by atoms with Crippen LogP contribution in [0.5, 0.6) is 0 Å². The van der Waals surface area contributed by atoms with E-state index in [1.54, 1.807) is 6.92 Å². The molecule has 1 aromatic rings. The van der Waals surface area contributed by atoms with Crippen LogP contribution in [0.3, 0.4) is 0 Å². The van der Waals surface area contributed by atoms with Gasteiger partial charge in [0.15, 0.2) is 16.6 Å². The van der Waals surface area contributed by atoms with Gasteiger partial charge >= 0.3 is 5.97 Å². The molecule has 2 heterocycles. The Morgan fingerprint density at radius 1 is 1.52 bits per heavy atom. The molecule has 0 bridgehead atoms. The minimum absolute atomic E-state index is 0.0920. The van der Waals surface area contributed by atoms with E-state index in [1.165, 1.54) is 18.3 Å². The van der Waals surface area contributed by atoms with Crippen LogP contribution >= 0.6 is 11.3 Å². The lowest BCUT2D eigenvalue weighted by molar-refractivity contribution is 0.0315. The smallest absolute Gasteiger partial charge is 0.358 e. The second-order valence-corrected chi connectivity index (χ2v) is 6.23. The molecule has 1 aromatic heterocycles. The predicted octanol–water partition coefficient (Wildman–Crippen LogP) is 2.50. The molecule has 1 aliphatic heterocycles. The molecule has 1 atom stereocenters. The molecule has 1 saturated heterocycles. The first-order valence-corrected chi connectivity index (χ1v) is 7.83. The van der Waals surface area contributed by atoms with Crippen molar-refractivity contribution in [2.45, 2.75) is 39.2 Å². The third-order valence-corrected chi connectivity index (χ3v) is 4.44. The average molecular weight is 312 g/mol. The van der Waals surface area contributed by atoms with E-state index in [2.05, 4.69) is 10.3 Å². The minimum Gasteiger partial charge on any atom is -0.461 e. The van der Waals surface area contributed by atoms with Gasteiger partial charge in [-0.1, -0.05) is 11.3 Å². The van der Waals surface area contributed by atoms with E-state index in [4.69, 9.17) is 9.47 Å². The second kappa shape index (κ2) is 6.53. The van der Waals surface area contributed by atoms with E-state index in [-0.39, 0.29) is 23.7 Å². The zero-order valence-electron chi connectivity index (χ0n) is 12.5. The van der Waals surface area contributed by atoms with Crippen molar-refractivity contribution in [2.24, 2.45) is 0 Å². The predicted molar refractivity (Wildman–Crippen MR) is 80.2 cm³/mol. The Hall–Kier alpha value is -1.47. The molecule has 7 heteroatoms. The Bertz CT molecular complexity index is 535. The molecule has 0 spiro atoms. The summed E-state index contributed by atoms with van der Waals surface area (Å²) in [6.07, 6.45) is 2.03. The van der Waals surface area contributed by atoms with Crippen LogP contribution in [0.25, 0.3) is 0 Å². The number of carbonyl (C=O) groups excluding carboxylic acids is 2. The Morgan fingerprint density at radius 3 is 2.86 bits per heavy atom. The highest BCUT2D eigenvalue weighted by atomic mass is 32.1. The average Bonchev–Trinajstić information content (AvgIpc) is 3.04. The molecule has 1 N–H and O–H groups in total. The lowest BCUT2D eigenvalue weighted by atomic mass is 10.0. The number of hydrogen-bond donors (Lipinski definition) is 1. The number of rotatable bonds is 6. The molecule has 0 aliphatic carbocycles. The number of carbonyl (C=O) groups is 2. The summed E-state index contributed by atoms with van der Waals surface area (Å²) in [5, 5.41) is 3.70. The van der Waals surface area contributed by atoms with Crippen molar-refractivity contribution in [1.29, 1.82) is 0 Å². The van der Waals surface area contributed by atoms with Crippen molar-refractivity contribution in [2.75, 3.05) is 25.1 Å². The fourth-order valence-electron chi connectivity index (χ4n) is 2.21. The van der Waals surface area contributed by atoms with Gasteiger partial charge in [0, 0.05) is 20.1 Å². The molecular weight excluding hydrogens is 292 g/mol. The van der Waals surface area contributed by atoms with E-state index in [0.717, 1.165) is 19.4 Å². The topological polar surface area (TPSA) is 77.5 Å². The van der Waals surface area contributed by atoms with Gasteiger partial charge in [0.25, 0.3) is 0 Å². The summed E-state index contributed by atoms with van der Waals surface area (Å²) in [4.78, 5) is 28.0. The van der Waals surface area contributed by atoms with Gasteiger partial charge in [0.1, 0.15) is 4.88 Å². The summed E-state index contributed by atoms with van der Waals surface area (Å²) in [7, 11) is 0. The molecule has 1 fully saturated rings. The van der Waals surface area contributed by atoms with Crippen LogP contribution in [0.1, 0.15) is 53.8 Å². The molecule has 2 rings (SSSR count). The standard InChI is InChI=1S/C14H20N2O4S/c1-4-19-12(18)10-11(9(2)17)21-13(16-10)15-8-14(3)6-5-7-20-14/h4-8H2,1-3H3,(H,15,16). The van der Waals surface area contributed by atoms with E-state index in [0.29, 0.717) is 16.6 Å². The maximum atomic E-state index is 11.8. The number of hydrogen-bond acceptors (Lipinski definition) is 7. The number of ketones is 1. The molecule has 1 unspecified atom stereocenters. The Balaban J connectivity index is 2.11. The number of ether oxygens (including phenoxy) is 2. The van der Waals surface area contributed by atoms with Gasteiger partial charge in [-0.05, 0) is 26.7 Å². The molecule has 0 radical (unpaired) electrons. The van der Waals surface area contributed by atoms with Crippen LogP contribution in [0.15, 0.2) is 0 Å². The van der Waals surface area contributed by atoms with E-state index in [1.807, 2.05) is 6.92 Å². The number of anilines is 1. The van der Waals surface area contributed by atoms with Gasteiger partial charge < -0.3 is 14.8 Å². The number of thiazole rings is 1. The quantitative estimate of drug-likeness (QED) is 0.642. The molecule has 6 nitrogen and oxygen atoms in total. The Kier molecular flexibility index (Phi) is 4.95. The van der Waals surface area contributed by atoms with Crippen molar-refractivity contribution in [3.63, 3.8) is 0 Å². The summed E-state index contributed by atoms with van der Waals surface area (Å²) in [5.41, 5.74) is -0.124. The van der Waals surface area contributed by atoms with Crippen LogP contribution in [-0.4, -0.2) is 42.1 Å². The molecular formula is C14H20N2O4S. The number of Topliss-reactive ketones (excluding diaryl/α,β-unsaturated/α-hetero) is 1. The zero-order chi connectivity index (χ0) is 15.5. The van der Waals surface area contributed by atoms with E-state index < -0.39 is 5.97 Å². The van der Waals surface area contributed by atoms with Gasteiger partial charge in [-0.25, -0.2) is 9.78 Å². The number of aromatic nitrogens is 1. The highest BCUT2D eigenvalue weighted by molar-refractivity contribution is 7.17. The molecule has 0 amide bonds. The lowest BCUT2D eigenvalue weighted by Gasteiger charge is -2.22. The van der Waals surface area contributed by atoms with Crippen molar-refractivity contribution in [3.8, 4) is 0 Å². The monoisotopic (exact) mass is 312 g/mol. The maximum Gasteiger partial charge on any atom is 0.358 e. The van der Waals surface area contributed by atoms with Crippen molar-refractivity contribution in [1.82, 2.24) is 4.98 Å². The summed E-state index contributed by atoms with van der Waals surface area (Å²) >= 11 is 1.18. The summed E-state index contributed by atoms with van der Waals surface area (Å²) in [6.45, 7) is 6.79. The fourth-order valence-corrected chi connectivity index (χ4v) is 3.06. The number of nitrogens with one attached hydrogen (secondary N) is 1. The van der Waals surface area contributed by atoms with Gasteiger partial charge in [-0.15, -0.1) is 0 Å². The van der Waals surface area contributed by atoms with E-state index >= 15 is 0 Å². The summed E-state index contributed by atoms with van der Waals surface area (Å²) in [5.74, 6) is -0.748. The van der Waals surface area contributed by atoms with Crippen LogP contribution in [0.2, 0.25) is 0 Å². The first-order chi connectivity index (χ1) is 9.95. The Labute approximate surface area is 127 Å². The summed E-state index contributed by atoms with van der Waals surface area (Å²) < 4.78 is 10.6. The Morgan fingerprint density at radius 2 is 2.29 bits per heavy atom. The fraction of sp³-hybridized carbons (Fsp3) is 0.643. The molecule has 0 aromatic carbocycles. The third kappa shape index (κ3) is 3.79. The van der Waals surface area contributed by atoms with Gasteiger partial charge in [0.2, 0.25) is 0 Å².